The number of halogens is 2. The third kappa shape index (κ3) is 2.29. The number of hydrogen-bond donors (Lipinski definition) is 2. The van der Waals surface area contributed by atoms with Gasteiger partial charge in [0.05, 0.1) is 5.69 Å². The number of hydrogen-bond acceptors (Lipinski definition) is 3. The quantitative estimate of drug-likeness (QED) is 0.562. The van der Waals surface area contributed by atoms with E-state index in [0.29, 0.717) is 11.3 Å². The van der Waals surface area contributed by atoms with Crippen LogP contribution < -0.4 is 16.0 Å². The topological polar surface area (TPSA) is 47.3 Å². The number of rotatable bonds is 3. The Labute approximate surface area is 74.5 Å². The molecule has 1 aromatic carbocycles. The zero-order valence-electron chi connectivity index (χ0n) is 7.05. The number of nitrogen functional groups attached to an aromatic ring is 1. The summed E-state index contributed by atoms with van der Waals surface area (Å²) in [5.41, 5.74) is 3.51. The van der Waals surface area contributed by atoms with Gasteiger partial charge in [0.25, 0.3) is 0 Å². The molecule has 0 unspecified atom stereocenters. The van der Waals surface area contributed by atoms with Crippen molar-refractivity contribution < 1.29 is 13.5 Å². The molecule has 72 valence electrons. The largest absolute Gasteiger partial charge is 0.434 e. The minimum absolute atomic E-state index is 0.130. The van der Waals surface area contributed by atoms with Crippen LogP contribution in [0.3, 0.4) is 0 Å². The summed E-state index contributed by atoms with van der Waals surface area (Å²) in [6.45, 7) is -1.17. The Morgan fingerprint density at radius 1 is 1.46 bits per heavy atom. The van der Waals surface area contributed by atoms with Crippen LogP contribution in [0, 0.1) is 6.92 Å². The summed E-state index contributed by atoms with van der Waals surface area (Å²) in [5, 5.41) is 0. The molecule has 0 saturated carbocycles. The molecule has 1 aromatic rings. The predicted molar refractivity (Wildman–Crippen MR) is 45.6 cm³/mol. The number of anilines is 1. The smallest absolute Gasteiger partial charge is 0.387 e. The van der Waals surface area contributed by atoms with Crippen molar-refractivity contribution in [3.05, 3.63) is 23.8 Å². The highest BCUT2D eigenvalue weighted by Crippen LogP contribution is 2.25. The Hall–Kier alpha value is -1.36. The summed E-state index contributed by atoms with van der Waals surface area (Å²) in [6, 6.07) is 4.72. The highest BCUT2D eigenvalue weighted by Gasteiger charge is 2.08. The number of nitrogens with two attached hydrogens (primary N) is 1. The van der Waals surface area contributed by atoms with Crippen LogP contribution in [-0.4, -0.2) is 6.61 Å². The van der Waals surface area contributed by atoms with Gasteiger partial charge in [-0.1, -0.05) is 6.07 Å². The first-order valence-corrected chi connectivity index (χ1v) is 3.66. The normalized spacial score (nSPS) is 10.2. The number of benzene rings is 1. The van der Waals surface area contributed by atoms with Crippen LogP contribution in [0.2, 0.25) is 0 Å². The molecule has 0 fully saturated rings. The lowest BCUT2D eigenvalue weighted by Crippen LogP contribution is -2.10. The van der Waals surface area contributed by atoms with Crippen molar-refractivity contribution in [3.8, 4) is 5.75 Å². The third-order valence-corrected chi connectivity index (χ3v) is 1.66. The molecule has 5 heteroatoms. The van der Waals surface area contributed by atoms with Crippen molar-refractivity contribution in [2.45, 2.75) is 13.5 Å². The molecule has 0 saturated heterocycles. The zero-order valence-corrected chi connectivity index (χ0v) is 7.05. The predicted octanol–water partition coefficient (Wildman–Crippen LogP) is 1.88. The van der Waals surface area contributed by atoms with Crippen LogP contribution in [-0.2, 0) is 0 Å². The molecule has 1 rings (SSSR count). The van der Waals surface area contributed by atoms with Gasteiger partial charge in [0.2, 0.25) is 0 Å². The molecular formula is C8H10F2N2O. The van der Waals surface area contributed by atoms with E-state index in [1.807, 2.05) is 0 Å². The molecule has 0 atom stereocenters. The van der Waals surface area contributed by atoms with Gasteiger partial charge in [-0.2, -0.15) is 8.78 Å². The summed E-state index contributed by atoms with van der Waals surface area (Å²) in [4.78, 5) is 0. The van der Waals surface area contributed by atoms with Gasteiger partial charge in [-0.15, -0.1) is 0 Å². The van der Waals surface area contributed by atoms with Crippen LogP contribution in [0.4, 0.5) is 14.5 Å². The van der Waals surface area contributed by atoms with Gasteiger partial charge in [0, 0.05) is 5.56 Å². The molecule has 0 aliphatic heterocycles. The van der Waals surface area contributed by atoms with Crippen LogP contribution >= 0.6 is 0 Å². The fourth-order valence-corrected chi connectivity index (χ4v) is 0.994. The van der Waals surface area contributed by atoms with E-state index in [9.17, 15) is 8.78 Å². The SMILES string of the molecule is Cc1c(NN)cccc1OC(F)F. The minimum atomic E-state index is -2.81. The first kappa shape index (κ1) is 9.73. The van der Waals surface area contributed by atoms with Crippen molar-refractivity contribution in [2.75, 3.05) is 5.43 Å². The standard InChI is InChI=1S/C8H10F2N2O/c1-5-6(12-11)3-2-4-7(5)13-8(9)10/h2-4,8,12H,11H2,1H3. The average Bonchev–Trinajstić information content (AvgIpc) is 2.08. The fraction of sp³-hybridized carbons (Fsp3) is 0.250. The van der Waals surface area contributed by atoms with Crippen molar-refractivity contribution in [1.82, 2.24) is 0 Å². The van der Waals surface area contributed by atoms with Crippen molar-refractivity contribution in [1.29, 1.82) is 0 Å². The lowest BCUT2D eigenvalue weighted by Gasteiger charge is -2.10. The van der Waals surface area contributed by atoms with Gasteiger partial charge >= 0.3 is 6.61 Å². The summed E-state index contributed by atoms with van der Waals surface area (Å²) in [5.74, 6) is 5.29. The first-order chi connectivity index (χ1) is 6.15. The highest BCUT2D eigenvalue weighted by molar-refractivity contribution is 5.55. The molecule has 0 heterocycles. The molecule has 0 amide bonds. The van der Waals surface area contributed by atoms with Crippen LogP contribution in [0.25, 0.3) is 0 Å². The number of ether oxygens (including phenoxy) is 1. The lowest BCUT2D eigenvalue weighted by molar-refractivity contribution is -0.0502. The van der Waals surface area contributed by atoms with E-state index in [0.717, 1.165) is 0 Å². The summed E-state index contributed by atoms with van der Waals surface area (Å²) in [7, 11) is 0. The van der Waals surface area contributed by atoms with Crippen LogP contribution in [0.15, 0.2) is 18.2 Å². The molecule has 0 aliphatic rings. The molecule has 3 N–H and O–H groups in total. The summed E-state index contributed by atoms with van der Waals surface area (Å²) >= 11 is 0. The van der Waals surface area contributed by atoms with Gasteiger partial charge in [-0.25, -0.2) is 0 Å². The second kappa shape index (κ2) is 4.04. The van der Waals surface area contributed by atoms with Gasteiger partial charge in [-0.3, -0.25) is 5.84 Å². The van der Waals surface area contributed by atoms with Gasteiger partial charge in [0.15, 0.2) is 0 Å². The highest BCUT2D eigenvalue weighted by atomic mass is 19.3. The molecule has 13 heavy (non-hydrogen) atoms. The molecular weight excluding hydrogens is 178 g/mol. The molecule has 0 aromatic heterocycles. The summed E-state index contributed by atoms with van der Waals surface area (Å²) in [6.07, 6.45) is 0. The number of nitrogens with one attached hydrogen (secondary N) is 1. The second-order valence-electron chi connectivity index (χ2n) is 2.45. The number of hydrazine groups is 1. The molecule has 3 nitrogen and oxygen atoms in total. The van der Waals surface area contributed by atoms with Gasteiger partial charge in [0.1, 0.15) is 5.75 Å². The van der Waals surface area contributed by atoms with E-state index >= 15 is 0 Å². The maximum Gasteiger partial charge on any atom is 0.387 e. The monoisotopic (exact) mass is 188 g/mol. The van der Waals surface area contributed by atoms with Crippen molar-refractivity contribution in [3.63, 3.8) is 0 Å². The fourth-order valence-electron chi connectivity index (χ4n) is 0.994. The van der Waals surface area contributed by atoms with Crippen molar-refractivity contribution in [2.24, 2.45) is 5.84 Å². The van der Waals surface area contributed by atoms with E-state index in [-0.39, 0.29) is 5.75 Å². The lowest BCUT2D eigenvalue weighted by atomic mass is 10.2. The molecule has 0 aliphatic carbocycles. The average molecular weight is 188 g/mol. The molecule has 0 bridgehead atoms. The Kier molecular flexibility index (Phi) is 3.02. The van der Waals surface area contributed by atoms with Gasteiger partial charge < -0.3 is 10.2 Å². The van der Waals surface area contributed by atoms with Crippen LogP contribution in [0.5, 0.6) is 5.75 Å². The van der Waals surface area contributed by atoms with E-state index in [1.54, 1.807) is 19.1 Å². The summed E-state index contributed by atoms with van der Waals surface area (Å²) < 4.78 is 28.0. The minimum Gasteiger partial charge on any atom is -0.434 e. The molecule has 0 radical (unpaired) electrons. The van der Waals surface area contributed by atoms with Crippen molar-refractivity contribution >= 4 is 5.69 Å². The maximum absolute atomic E-state index is 11.9. The van der Waals surface area contributed by atoms with E-state index < -0.39 is 6.61 Å². The first-order valence-electron chi connectivity index (χ1n) is 3.66. The molecule has 0 spiro atoms. The van der Waals surface area contributed by atoms with E-state index in [1.165, 1.54) is 6.07 Å². The van der Waals surface area contributed by atoms with E-state index in [2.05, 4.69) is 10.2 Å². The Bertz CT molecular complexity index is 291. The van der Waals surface area contributed by atoms with E-state index in [4.69, 9.17) is 5.84 Å². The third-order valence-electron chi connectivity index (χ3n) is 1.66. The van der Waals surface area contributed by atoms with Crippen LogP contribution in [0.1, 0.15) is 5.56 Å². The Morgan fingerprint density at radius 2 is 2.15 bits per heavy atom. The van der Waals surface area contributed by atoms with Gasteiger partial charge in [-0.05, 0) is 19.1 Å². The Morgan fingerprint density at radius 3 is 2.69 bits per heavy atom. The maximum atomic E-state index is 11.9. The zero-order chi connectivity index (χ0) is 9.84. The Balaban J connectivity index is 2.94. The second-order valence-corrected chi connectivity index (χ2v) is 2.45. The number of alkyl halides is 2.